The Morgan fingerprint density at radius 1 is 0.977 bits per heavy atom. The zero-order valence-electron chi connectivity index (χ0n) is 25.9. The second kappa shape index (κ2) is 14.5. The van der Waals surface area contributed by atoms with E-state index >= 15 is 0 Å². The summed E-state index contributed by atoms with van der Waals surface area (Å²) in [4.78, 5) is 55.4. The highest BCUT2D eigenvalue weighted by molar-refractivity contribution is 5.98. The van der Waals surface area contributed by atoms with Crippen LogP contribution in [-0.4, -0.2) is 62.8 Å². The molecule has 12 nitrogen and oxygen atoms in total. The zero-order valence-corrected chi connectivity index (χ0v) is 25.9. The summed E-state index contributed by atoms with van der Waals surface area (Å²) < 4.78 is 11.8. The van der Waals surface area contributed by atoms with Gasteiger partial charge in [-0.25, -0.2) is 14.6 Å². The van der Waals surface area contributed by atoms with Crippen LogP contribution in [0.3, 0.4) is 0 Å². The average Bonchev–Trinajstić information content (AvgIpc) is 3.39. The van der Waals surface area contributed by atoms with Crippen molar-refractivity contribution in [2.45, 2.75) is 77.1 Å². The van der Waals surface area contributed by atoms with Crippen LogP contribution in [0.5, 0.6) is 5.75 Å². The molecule has 3 aromatic rings. The van der Waals surface area contributed by atoms with Gasteiger partial charge in [0.1, 0.15) is 22.9 Å². The van der Waals surface area contributed by atoms with Crippen LogP contribution in [0, 0.1) is 0 Å². The van der Waals surface area contributed by atoms with Gasteiger partial charge in [-0.3, -0.25) is 9.59 Å². The van der Waals surface area contributed by atoms with Gasteiger partial charge in [-0.2, -0.15) is 0 Å². The predicted molar refractivity (Wildman–Crippen MR) is 164 cm³/mol. The monoisotopic (exact) mass is 607 g/mol. The third kappa shape index (κ3) is 9.85. The Morgan fingerprint density at radius 3 is 2.23 bits per heavy atom. The molecule has 12 heteroatoms. The van der Waals surface area contributed by atoms with Gasteiger partial charge in [0, 0.05) is 6.20 Å². The van der Waals surface area contributed by atoms with Crippen molar-refractivity contribution < 1.29 is 33.8 Å². The van der Waals surface area contributed by atoms with E-state index in [1.165, 1.54) is 38.0 Å². The number of carboxylic acids is 1. The standard InChI is InChI=1S/C32H41N5O7/c1-31(2,3)44-30(42)36-32(4,5)29(41)34-24(14-10-13-21-11-8-7-9-12-21)27(38)35-25-19-37(20-33-25)26(28(39)40)22-15-17-23(43-6)18-16-22/h7-9,11-12,15-20,24,26H,10,13-14H2,1-6H3,(H,34,41)(H,35,38)(H,36,42)(H,39,40). The van der Waals surface area contributed by atoms with Crippen LogP contribution < -0.4 is 20.7 Å². The van der Waals surface area contributed by atoms with Crippen LogP contribution in [0.15, 0.2) is 67.1 Å². The molecule has 0 aliphatic rings. The number of benzene rings is 2. The number of aromatic nitrogens is 2. The van der Waals surface area contributed by atoms with E-state index in [0.717, 1.165) is 5.56 Å². The molecule has 1 heterocycles. The molecule has 3 amide bonds. The van der Waals surface area contributed by atoms with Gasteiger partial charge in [0.05, 0.1) is 13.4 Å². The molecule has 0 bridgehead atoms. The number of nitrogens with zero attached hydrogens (tertiary/aromatic N) is 2. The van der Waals surface area contributed by atoms with Gasteiger partial charge in [0.15, 0.2) is 11.9 Å². The first-order valence-electron chi connectivity index (χ1n) is 14.3. The first-order valence-corrected chi connectivity index (χ1v) is 14.3. The molecule has 0 spiro atoms. The first kappa shape index (κ1) is 33.6. The minimum absolute atomic E-state index is 0.114. The van der Waals surface area contributed by atoms with Crippen LogP contribution in [-0.2, 0) is 25.5 Å². The summed E-state index contributed by atoms with van der Waals surface area (Å²) in [5.41, 5.74) is -0.580. The maximum atomic E-state index is 13.5. The Bertz CT molecular complexity index is 1430. The summed E-state index contributed by atoms with van der Waals surface area (Å²) in [5.74, 6) is -1.54. The number of rotatable bonds is 13. The third-order valence-electron chi connectivity index (χ3n) is 6.62. The van der Waals surface area contributed by atoms with Gasteiger partial charge >= 0.3 is 12.1 Å². The van der Waals surface area contributed by atoms with E-state index in [9.17, 15) is 24.3 Å². The number of ether oxygens (including phenoxy) is 2. The number of carbonyl (C=O) groups is 4. The minimum Gasteiger partial charge on any atom is -0.497 e. The van der Waals surface area contributed by atoms with Gasteiger partial charge in [-0.05, 0) is 77.1 Å². The largest absolute Gasteiger partial charge is 0.497 e. The van der Waals surface area contributed by atoms with Crippen molar-refractivity contribution in [3.05, 3.63) is 78.2 Å². The van der Waals surface area contributed by atoms with Crippen LogP contribution in [0.25, 0.3) is 0 Å². The van der Waals surface area contributed by atoms with Gasteiger partial charge in [-0.15, -0.1) is 0 Å². The second-order valence-electron chi connectivity index (χ2n) is 11.9. The maximum Gasteiger partial charge on any atom is 0.408 e. The highest BCUT2D eigenvalue weighted by atomic mass is 16.6. The number of aryl methyl sites for hydroxylation is 1. The SMILES string of the molecule is COc1ccc(C(C(=O)O)n2cnc(NC(=O)C(CCCc3ccccc3)NC(=O)C(C)(C)NC(=O)OC(C)(C)C)c2)cc1. The fourth-order valence-corrected chi connectivity index (χ4v) is 4.36. The average molecular weight is 608 g/mol. The number of carbonyl (C=O) groups excluding carboxylic acids is 3. The van der Waals surface area contributed by atoms with Gasteiger partial charge < -0.3 is 35.1 Å². The smallest absolute Gasteiger partial charge is 0.408 e. The molecule has 2 unspecified atom stereocenters. The van der Waals surface area contributed by atoms with Crippen LogP contribution in [0.2, 0.25) is 0 Å². The van der Waals surface area contributed by atoms with E-state index < -0.39 is 47.1 Å². The fourth-order valence-electron chi connectivity index (χ4n) is 4.36. The number of alkyl carbamates (subject to hydrolysis) is 1. The topological polar surface area (TPSA) is 161 Å². The number of carboxylic acid groups (broad SMARTS) is 1. The van der Waals surface area contributed by atoms with Gasteiger partial charge in [0.2, 0.25) is 11.8 Å². The Balaban J connectivity index is 1.76. The normalized spacial score (nSPS) is 12.9. The number of methoxy groups -OCH3 is 1. The number of imidazole rings is 1. The molecule has 0 fully saturated rings. The molecular weight excluding hydrogens is 566 g/mol. The molecule has 0 aliphatic heterocycles. The molecule has 44 heavy (non-hydrogen) atoms. The lowest BCUT2D eigenvalue weighted by Crippen LogP contribution is -2.58. The molecule has 0 aliphatic carbocycles. The highest BCUT2D eigenvalue weighted by Crippen LogP contribution is 2.23. The molecule has 0 saturated heterocycles. The van der Waals surface area contributed by atoms with E-state index in [4.69, 9.17) is 9.47 Å². The third-order valence-corrected chi connectivity index (χ3v) is 6.62. The van der Waals surface area contributed by atoms with E-state index in [1.807, 2.05) is 30.3 Å². The molecule has 3 rings (SSSR count). The summed E-state index contributed by atoms with van der Waals surface area (Å²) in [7, 11) is 1.52. The van der Waals surface area contributed by atoms with E-state index in [-0.39, 0.29) is 5.82 Å². The Kier molecular flexibility index (Phi) is 11.1. The number of hydrogen-bond donors (Lipinski definition) is 4. The molecule has 236 valence electrons. The van der Waals surface area contributed by atoms with Gasteiger partial charge in [-0.1, -0.05) is 42.5 Å². The van der Waals surface area contributed by atoms with Crippen molar-refractivity contribution in [2.75, 3.05) is 12.4 Å². The van der Waals surface area contributed by atoms with Crippen molar-refractivity contribution in [3.63, 3.8) is 0 Å². The molecular formula is C32H41N5O7. The number of aliphatic carboxylic acids is 1. The predicted octanol–water partition coefficient (Wildman–Crippen LogP) is 4.32. The van der Waals surface area contributed by atoms with Crippen LogP contribution in [0.4, 0.5) is 10.6 Å². The summed E-state index contributed by atoms with van der Waals surface area (Å²) >= 11 is 0. The zero-order chi connectivity index (χ0) is 32.5. The minimum atomic E-state index is -1.39. The van der Waals surface area contributed by atoms with E-state index in [1.54, 1.807) is 45.0 Å². The van der Waals surface area contributed by atoms with E-state index in [2.05, 4.69) is 20.9 Å². The van der Waals surface area contributed by atoms with Crippen molar-refractivity contribution in [2.24, 2.45) is 0 Å². The summed E-state index contributed by atoms with van der Waals surface area (Å²) in [6.45, 7) is 8.16. The first-order chi connectivity index (χ1) is 20.7. The summed E-state index contributed by atoms with van der Waals surface area (Å²) in [6, 6.07) is 14.3. The lowest BCUT2D eigenvalue weighted by Gasteiger charge is -2.29. The lowest BCUT2D eigenvalue weighted by molar-refractivity contribution is -0.139. The molecule has 1 aromatic heterocycles. The molecule has 0 radical (unpaired) electrons. The Morgan fingerprint density at radius 2 is 1.64 bits per heavy atom. The molecule has 2 atom stereocenters. The van der Waals surface area contributed by atoms with Gasteiger partial charge in [0.25, 0.3) is 0 Å². The van der Waals surface area contributed by atoms with Crippen molar-refractivity contribution in [1.82, 2.24) is 20.2 Å². The Labute approximate surface area is 257 Å². The number of hydrogen-bond acceptors (Lipinski definition) is 7. The van der Waals surface area contributed by atoms with Crippen molar-refractivity contribution in [3.8, 4) is 5.75 Å². The maximum absolute atomic E-state index is 13.5. The summed E-state index contributed by atoms with van der Waals surface area (Å²) in [5, 5.41) is 17.9. The summed E-state index contributed by atoms with van der Waals surface area (Å²) in [6.07, 6.45) is 3.51. The molecule has 0 saturated carbocycles. The van der Waals surface area contributed by atoms with Crippen molar-refractivity contribution >= 4 is 29.7 Å². The van der Waals surface area contributed by atoms with Crippen molar-refractivity contribution in [1.29, 1.82) is 0 Å². The van der Waals surface area contributed by atoms with Crippen LogP contribution in [0.1, 0.15) is 64.6 Å². The van der Waals surface area contributed by atoms with Crippen LogP contribution >= 0.6 is 0 Å². The highest BCUT2D eigenvalue weighted by Gasteiger charge is 2.34. The number of nitrogens with one attached hydrogen (secondary N) is 3. The Hall–Kier alpha value is -4.87. The number of anilines is 1. The molecule has 4 N–H and O–H groups in total. The van der Waals surface area contributed by atoms with E-state index in [0.29, 0.717) is 30.6 Å². The fraction of sp³-hybridized carbons (Fsp3) is 0.406. The second-order valence-corrected chi connectivity index (χ2v) is 11.9. The number of amides is 3. The quantitative estimate of drug-likeness (QED) is 0.224. The lowest BCUT2D eigenvalue weighted by atomic mass is 10.0. The molecule has 2 aromatic carbocycles.